The van der Waals surface area contributed by atoms with Crippen LogP contribution in [0.2, 0.25) is 5.02 Å². The quantitative estimate of drug-likeness (QED) is 0.796. The summed E-state index contributed by atoms with van der Waals surface area (Å²) < 4.78 is 0. The van der Waals surface area contributed by atoms with Crippen LogP contribution in [0.3, 0.4) is 0 Å². The van der Waals surface area contributed by atoms with Gasteiger partial charge in [-0.25, -0.2) is 0 Å². The van der Waals surface area contributed by atoms with Crippen molar-refractivity contribution in [2.45, 2.75) is 26.1 Å². The summed E-state index contributed by atoms with van der Waals surface area (Å²) in [4.78, 5) is 13.4. The Morgan fingerprint density at radius 2 is 2.13 bits per heavy atom. The standard InChI is InChI=1S/C11H12ClNO2/c1-6(2)13-10(14)7-4-3-5-8(12)9(7)11(13)15/h3-6,10,14H,1-2H3. The molecule has 0 spiro atoms. The molecule has 4 heteroatoms. The molecule has 1 aliphatic rings. The molecule has 15 heavy (non-hydrogen) atoms. The van der Waals surface area contributed by atoms with Gasteiger partial charge in [-0.2, -0.15) is 0 Å². The molecule has 0 bridgehead atoms. The Hall–Kier alpha value is -1.06. The zero-order valence-corrected chi connectivity index (χ0v) is 9.32. The fourth-order valence-corrected chi connectivity index (χ4v) is 2.15. The Morgan fingerprint density at radius 3 is 2.67 bits per heavy atom. The van der Waals surface area contributed by atoms with Crippen LogP contribution in [0.25, 0.3) is 0 Å². The average molecular weight is 226 g/mol. The van der Waals surface area contributed by atoms with Gasteiger partial charge >= 0.3 is 0 Å². The summed E-state index contributed by atoms with van der Waals surface area (Å²) in [6, 6.07) is 5.08. The van der Waals surface area contributed by atoms with Crippen molar-refractivity contribution in [3.63, 3.8) is 0 Å². The number of carbonyl (C=O) groups is 1. The molecule has 2 rings (SSSR count). The highest BCUT2D eigenvalue weighted by Gasteiger charge is 2.38. The number of nitrogens with zero attached hydrogens (tertiary/aromatic N) is 1. The second-order valence-electron chi connectivity index (χ2n) is 3.88. The lowest BCUT2D eigenvalue weighted by Crippen LogP contribution is -2.34. The Labute approximate surface area is 93.3 Å². The molecule has 1 atom stereocenters. The molecule has 1 amide bonds. The maximum Gasteiger partial charge on any atom is 0.258 e. The summed E-state index contributed by atoms with van der Waals surface area (Å²) >= 11 is 5.94. The first-order valence-electron chi connectivity index (χ1n) is 4.83. The maximum absolute atomic E-state index is 12.0. The predicted octanol–water partition coefficient (Wildman–Crippen LogP) is 2.20. The number of amides is 1. The van der Waals surface area contributed by atoms with Crippen molar-refractivity contribution in [2.24, 2.45) is 0 Å². The summed E-state index contributed by atoms with van der Waals surface area (Å²) in [5, 5.41) is 10.4. The minimum absolute atomic E-state index is 0.0454. The van der Waals surface area contributed by atoms with E-state index in [-0.39, 0.29) is 11.9 Å². The van der Waals surface area contributed by atoms with E-state index in [1.807, 2.05) is 13.8 Å². The number of halogens is 1. The van der Waals surface area contributed by atoms with Gasteiger partial charge in [-0.1, -0.05) is 23.7 Å². The van der Waals surface area contributed by atoms with E-state index in [0.717, 1.165) is 0 Å². The van der Waals surface area contributed by atoms with Gasteiger partial charge in [0.05, 0.1) is 10.6 Å². The smallest absolute Gasteiger partial charge is 0.258 e. The zero-order chi connectivity index (χ0) is 11.2. The van der Waals surface area contributed by atoms with Gasteiger partial charge in [-0.3, -0.25) is 4.79 Å². The van der Waals surface area contributed by atoms with Crippen LogP contribution < -0.4 is 0 Å². The molecule has 0 saturated heterocycles. The monoisotopic (exact) mass is 225 g/mol. The van der Waals surface area contributed by atoms with E-state index in [4.69, 9.17) is 11.6 Å². The maximum atomic E-state index is 12.0. The van der Waals surface area contributed by atoms with Gasteiger partial charge in [0.25, 0.3) is 5.91 Å². The molecular weight excluding hydrogens is 214 g/mol. The lowest BCUT2D eigenvalue weighted by atomic mass is 10.1. The molecule has 1 aliphatic heterocycles. The van der Waals surface area contributed by atoms with E-state index >= 15 is 0 Å². The molecule has 0 aliphatic carbocycles. The lowest BCUT2D eigenvalue weighted by molar-refractivity contribution is 0.00372. The van der Waals surface area contributed by atoms with Crippen molar-refractivity contribution in [3.05, 3.63) is 34.3 Å². The third-order valence-electron chi connectivity index (χ3n) is 2.59. The molecule has 1 aromatic rings. The van der Waals surface area contributed by atoms with Crippen LogP contribution in [0, 0.1) is 0 Å². The third-order valence-corrected chi connectivity index (χ3v) is 2.91. The van der Waals surface area contributed by atoms with Crippen LogP contribution in [0.4, 0.5) is 0 Å². The van der Waals surface area contributed by atoms with E-state index in [1.165, 1.54) is 4.90 Å². The van der Waals surface area contributed by atoms with Crippen LogP contribution in [0.1, 0.15) is 36.0 Å². The number of hydrogen-bond donors (Lipinski definition) is 1. The number of fused-ring (bicyclic) bond motifs is 1. The summed E-state index contributed by atoms with van der Waals surface area (Å²) in [7, 11) is 0. The molecule has 0 radical (unpaired) electrons. The van der Waals surface area contributed by atoms with Crippen LogP contribution in [-0.2, 0) is 0 Å². The fraction of sp³-hybridized carbons (Fsp3) is 0.364. The molecule has 0 saturated carbocycles. The molecule has 80 valence electrons. The molecule has 0 aromatic heterocycles. The van der Waals surface area contributed by atoms with Crippen LogP contribution in [0.5, 0.6) is 0 Å². The lowest BCUT2D eigenvalue weighted by Gasteiger charge is -2.24. The van der Waals surface area contributed by atoms with Gasteiger partial charge in [-0.05, 0) is 19.9 Å². The van der Waals surface area contributed by atoms with E-state index < -0.39 is 6.23 Å². The minimum Gasteiger partial charge on any atom is -0.369 e. The number of hydrogen-bond acceptors (Lipinski definition) is 2. The first-order valence-corrected chi connectivity index (χ1v) is 5.21. The highest BCUT2D eigenvalue weighted by molar-refractivity contribution is 6.34. The van der Waals surface area contributed by atoms with Gasteiger partial charge in [0.2, 0.25) is 0 Å². The number of aliphatic hydroxyl groups excluding tert-OH is 1. The molecule has 3 nitrogen and oxygen atoms in total. The highest BCUT2D eigenvalue weighted by atomic mass is 35.5. The van der Waals surface area contributed by atoms with Crippen molar-refractivity contribution in [1.29, 1.82) is 0 Å². The number of carbonyl (C=O) groups excluding carboxylic acids is 1. The predicted molar refractivity (Wildman–Crippen MR) is 57.7 cm³/mol. The Bertz CT molecular complexity index is 417. The summed E-state index contributed by atoms with van der Waals surface area (Å²) in [6.07, 6.45) is -0.869. The van der Waals surface area contributed by atoms with Gasteiger partial charge in [0.1, 0.15) is 0 Å². The zero-order valence-electron chi connectivity index (χ0n) is 8.57. The molecule has 0 fully saturated rings. The Kier molecular flexibility index (Phi) is 2.44. The average Bonchev–Trinajstić information content (AvgIpc) is 2.40. The Morgan fingerprint density at radius 1 is 1.47 bits per heavy atom. The van der Waals surface area contributed by atoms with Gasteiger partial charge in [0.15, 0.2) is 6.23 Å². The molecule has 1 heterocycles. The SMILES string of the molecule is CC(C)N1C(=O)c2c(Cl)cccc2C1O. The van der Waals surface area contributed by atoms with Crippen molar-refractivity contribution in [3.8, 4) is 0 Å². The second-order valence-corrected chi connectivity index (χ2v) is 4.29. The highest BCUT2D eigenvalue weighted by Crippen LogP contribution is 2.36. The van der Waals surface area contributed by atoms with Crippen molar-refractivity contribution in [1.82, 2.24) is 4.90 Å². The molecule has 1 unspecified atom stereocenters. The van der Waals surface area contributed by atoms with Gasteiger partial charge < -0.3 is 10.0 Å². The number of rotatable bonds is 1. The number of benzene rings is 1. The summed E-state index contributed by atoms with van der Waals surface area (Å²) in [6.45, 7) is 3.72. The van der Waals surface area contributed by atoms with Gasteiger partial charge in [0, 0.05) is 11.6 Å². The second kappa shape index (κ2) is 3.51. The van der Waals surface area contributed by atoms with Crippen LogP contribution in [0.15, 0.2) is 18.2 Å². The van der Waals surface area contributed by atoms with Crippen molar-refractivity contribution in [2.75, 3.05) is 0 Å². The van der Waals surface area contributed by atoms with E-state index in [9.17, 15) is 9.90 Å². The fourth-order valence-electron chi connectivity index (χ4n) is 1.89. The largest absolute Gasteiger partial charge is 0.369 e. The minimum atomic E-state index is -0.869. The first-order chi connectivity index (χ1) is 7.04. The molecule has 1 N–H and O–H groups in total. The van der Waals surface area contributed by atoms with E-state index in [1.54, 1.807) is 18.2 Å². The molecular formula is C11H12ClNO2. The van der Waals surface area contributed by atoms with Crippen LogP contribution >= 0.6 is 11.6 Å². The summed E-state index contributed by atoms with van der Waals surface area (Å²) in [5.74, 6) is -0.196. The van der Waals surface area contributed by atoms with E-state index in [0.29, 0.717) is 16.1 Å². The first kappa shape index (κ1) is 10.5. The van der Waals surface area contributed by atoms with Crippen molar-refractivity contribution >= 4 is 17.5 Å². The van der Waals surface area contributed by atoms with Gasteiger partial charge in [-0.15, -0.1) is 0 Å². The van der Waals surface area contributed by atoms with Crippen molar-refractivity contribution < 1.29 is 9.90 Å². The molecule has 1 aromatic carbocycles. The third kappa shape index (κ3) is 1.43. The number of aliphatic hydroxyl groups is 1. The normalized spacial score (nSPS) is 19.9. The van der Waals surface area contributed by atoms with E-state index in [2.05, 4.69) is 0 Å². The topological polar surface area (TPSA) is 40.5 Å². The summed E-state index contributed by atoms with van der Waals surface area (Å²) in [5.41, 5.74) is 1.03. The van der Waals surface area contributed by atoms with Crippen LogP contribution in [-0.4, -0.2) is 22.0 Å². The Balaban J connectivity index is 2.56.